The third kappa shape index (κ3) is 3.11. The Morgan fingerprint density at radius 3 is 2.67 bits per heavy atom. The second-order valence-electron chi connectivity index (χ2n) is 5.08. The van der Waals surface area contributed by atoms with Crippen molar-refractivity contribution in [1.82, 2.24) is 4.90 Å². The average Bonchev–Trinajstić information content (AvgIpc) is 2.48. The Hall–Kier alpha value is -0.730. The van der Waals surface area contributed by atoms with Crippen molar-refractivity contribution >= 4 is 5.96 Å². The molecule has 1 heterocycles. The van der Waals surface area contributed by atoms with Crippen molar-refractivity contribution in [3.05, 3.63) is 0 Å². The molecule has 1 aliphatic rings. The van der Waals surface area contributed by atoms with Crippen LogP contribution in [0.15, 0.2) is 4.99 Å². The molecule has 88 valence electrons. The van der Waals surface area contributed by atoms with Gasteiger partial charge in [0.05, 0.1) is 12.6 Å². The first kappa shape index (κ1) is 12.3. The van der Waals surface area contributed by atoms with Crippen LogP contribution in [0, 0.1) is 11.8 Å². The highest BCUT2D eigenvalue weighted by atomic mass is 15.3. The fraction of sp³-hybridized carbons (Fsp3) is 0.917. The molecule has 0 aliphatic carbocycles. The molecule has 15 heavy (non-hydrogen) atoms. The van der Waals surface area contributed by atoms with Gasteiger partial charge >= 0.3 is 0 Å². The maximum Gasteiger partial charge on any atom is 0.191 e. The SMILES string of the molecule is CCCC(C)C1CN=C(N)N1CC(C)C. The summed E-state index contributed by atoms with van der Waals surface area (Å²) in [4.78, 5) is 6.67. The molecular weight excluding hydrogens is 186 g/mol. The highest BCUT2D eigenvalue weighted by molar-refractivity contribution is 5.80. The lowest BCUT2D eigenvalue weighted by Gasteiger charge is -2.31. The molecule has 3 nitrogen and oxygen atoms in total. The lowest BCUT2D eigenvalue weighted by molar-refractivity contribution is 0.232. The second kappa shape index (κ2) is 5.38. The lowest BCUT2D eigenvalue weighted by Crippen LogP contribution is -2.45. The third-order valence-electron chi connectivity index (χ3n) is 3.10. The molecule has 1 rings (SSSR count). The summed E-state index contributed by atoms with van der Waals surface area (Å²) in [6, 6.07) is 0.535. The minimum atomic E-state index is 0.535. The molecule has 0 bridgehead atoms. The molecule has 0 amide bonds. The number of hydrogen-bond donors (Lipinski definition) is 1. The van der Waals surface area contributed by atoms with Crippen LogP contribution in [0.5, 0.6) is 0 Å². The maximum absolute atomic E-state index is 5.93. The van der Waals surface area contributed by atoms with E-state index in [-0.39, 0.29) is 0 Å². The van der Waals surface area contributed by atoms with Crippen LogP contribution < -0.4 is 5.73 Å². The molecular formula is C12H25N3. The van der Waals surface area contributed by atoms with Crippen LogP contribution in [0.4, 0.5) is 0 Å². The quantitative estimate of drug-likeness (QED) is 0.756. The van der Waals surface area contributed by atoms with Crippen molar-refractivity contribution in [3.63, 3.8) is 0 Å². The molecule has 0 aromatic carbocycles. The van der Waals surface area contributed by atoms with Gasteiger partial charge < -0.3 is 10.6 Å². The van der Waals surface area contributed by atoms with Gasteiger partial charge in [0, 0.05) is 6.54 Å². The van der Waals surface area contributed by atoms with Crippen molar-refractivity contribution in [3.8, 4) is 0 Å². The van der Waals surface area contributed by atoms with Gasteiger partial charge in [-0.05, 0) is 18.3 Å². The van der Waals surface area contributed by atoms with E-state index in [9.17, 15) is 0 Å². The smallest absolute Gasteiger partial charge is 0.191 e. The highest BCUT2D eigenvalue weighted by Gasteiger charge is 2.30. The molecule has 0 saturated carbocycles. The standard InChI is InChI=1S/C12H25N3/c1-5-6-10(4)11-7-14-12(13)15(11)8-9(2)3/h9-11H,5-8H2,1-4H3,(H2,13,14). The Kier molecular flexibility index (Phi) is 4.43. The summed E-state index contributed by atoms with van der Waals surface area (Å²) in [5.74, 6) is 2.09. The van der Waals surface area contributed by atoms with Gasteiger partial charge in [-0.2, -0.15) is 0 Å². The van der Waals surface area contributed by atoms with E-state index in [1.54, 1.807) is 0 Å². The number of nitrogens with two attached hydrogens (primary N) is 1. The van der Waals surface area contributed by atoms with Crippen molar-refractivity contribution in [2.24, 2.45) is 22.6 Å². The van der Waals surface area contributed by atoms with E-state index in [1.165, 1.54) is 12.8 Å². The van der Waals surface area contributed by atoms with Gasteiger partial charge in [0.1, 0.15) is 0 Å². The molecule has 0 radical (unpaired) electrons. The van der Waals surface area contributed by atoms with Gasteiger partial charge in [-0.1, -0.05) is 34.1 Å². The molecule has 1 aliphatic heterocycles. The van der Waals surface area contributed by atoms with E-state index in [1.807, 2.05) is 0 Å². The summed E-state index contributed by atoms with van der Waals surface area (Å²) in [7, 11) is 0. The number of guanidine groups is 1. The van der Waals surface area contributed by atoms with Crippen LogP contribution >= 0.6 is 0 Å². The zero-order valence-corrected chi connectivity index (χ0v) is 10.5. The lowest BCUT2D eigenvalue weighted by atomic mass is 9.96. The third-order valence-corrected chi connectivity index (χ3v) is 3.10. The largest absolute Gasteiger partial charge is 0.370 e. The molecule has 0 spiro atoms. The fourth-order valence-corrected chi connectivity index (χ4v) is 2.30. The molecule has 0 fully saturated rings. The number of nitrogens with zero attached hydrogens (tertiary/aromatic N) is 2. The average molecular weight is 211 g/mol. The van der Waals surface area contributed by atoms with Gasteiger partial charge in [0.25, 0.3) is 0 Å². The Morgan fingerprint density at radius 1 is 1.47 bits per heavy atom. The number of aliphatic imine (C=N–C) groups is 1. The van der Waals surface area contributed by atoms with Crippen LogP contribution in [-0.2, 0) is 0 Å². The zero-order chi connectivity index (χ0) is 11.4. The Balaban J connectivity index is 2.58. The van der Waals surface area contributed by atoms with E-state index in [4.69, 9.17) is 5.73 Å². The van der Waals surface area contributed by atoms with Gasteiger partial charge in [-0.3, -0.25) is 4.99 Å². The minimum Gasteiger partial charge on any atom is -0.370 e. The van der Waals surface area contributed by atoms with Crippen molar-refractivity contribution < 1.29 is 0 Å². The molecule has 0 aromatic heterocycles. The summed E-state index contributed by atoms with van der Waals surface area (Å²) < 4.78 is 0. The Bertz CT molecular complexity index is 223. The second-order valence-corrected chi connectivity index (χ2v) is 5.08. The first-order valence-corrected chi connectivity index (χ1v) is 6.12. The van der Waals surface area contributed by atoms with E-state index in [0.717, 1.165) is 19.0 Å². The number of rotatable bonds is 5. The summed E-state index contributed by atoms with van der Waals surface area (Å²) in [5, 5.41) is 0. The van der Waals surface area contributed by atoms with Crippen molar-refractivity contribution in [1.29, 1.82) is 0 Å². The molecule has 0 saturated heterocycles. The van der Waals surface area contributed by atoms with E-state index in [2.05, 4.69) is 37.6 Å². The molecule has 2 unspecified atom stereocenters. The predicted octanol–water partition coefficient (Wildman–Crippen LogP) is 2.08. The minimum absolute atomic E-state index is 0.535. The maximum atomic E-state index is 5.93. The number of hydrogen-bond acceptors (Lipinski definition) is 3. The van der Waals surface area contributed by atoms with Crippen LogP contribution in [0.3, 0.4) is 0 Å². The Morgan fingerprint density at radius 2 is 2.13 bits per heavy atom. The normalized spacial score (nSPS) is 23.4. The predicted molar refractivity (Wildman–Crippen MR) is 65.9 cm³/mol. The van der Waals surface area contributed by atoms with Gasteiger partial charge in [0.15, 0.2) is 5.96 Å². The van der Waals surface area contributed by atoms with E-state index >= 15 is 0 Å². The van der Waals surface area contributed by atoms with E-state index in [0.29, 0.717) is 17.9 Å². The summed E-state index contributed by atoms with van der Waals surface area (Å²) in [6.07, 6.45) is 2.51. The summed E-state index contributed by atoms with van der Waals surface area (Å²) in [5.41, 5.74) is 5.93. The van der Waals surface area contributed by atoms with Crippen LogP contribution in [-0.4, -0.2) is 30.0 Å². The van der Waals surface area contributed by atoms with Crippen LogP contribution in [0.2, 0.25) is 0 Å². The Labute approximate surface area is 93.7 Å². The van der Waals surface area contributed by atoms with Crippen molar-refractivity contribution in [2.45, 2.75) is 46.6 Å². The first-order chi connectivity index (χ1) is 7.06. The zero-order valence-electron chi connectivity index (χ0n) is 10.5. The fourth-order valence-electron chi connectivity index (χ4n) is 2.30. The van der Waals surface area contributed by atoms with Gasteiger partial charge in [-0.15, -0.1) is 0 Å². The first-order valence-electron chi connectivity index (χ1n) is 6.12. The molecule has 2 N–H and O–H groups in total. The topological polar surface area (TPSA) is 41.6 Å². The summed E-state index contributed by atoms with van der Waals surface area (Å²) in [6.45, 7) is 10.9. The van der Waals surface area contributed by atoms with Crippen LogP contribution in [0.1, 0.15) is 40.5 Å². The molecule has 2 atom stereocenters. The van der Waals surface area contributed by atoms with Gasteiger partial charge in [0.2, 0.25) is 0 Å². The molecule has 0 aromatic rings. The summed E-state index contributed by atoms with van der Waals surface area (Å²) >= 11 is 0. The van der Waals surface area contributed by atoms with Crippen molar-refractivity contribution in [2.75, 3.05) is 13.1 Å². The van der Waals surface area contributed by atoms with Crippen LogP contribution in [0.25, 0.3) is 0 Å². The monoisotopic (exact) mass is 211 g/mol. The van der Waals surface area contributed by atoms with E-state index < -0.39 is 0 Å². The molecule has 3 heteroatoms. The van der Waals surface area contributed by atoms with Gasteiger partial charge in [-0.25, -0.2) is 0 Å². The highest BCUT2D eigenvalue weighted by Crippen LogP contribution is 2.21.